The zero-order chi connectivity index (χ0) is 10.1. The van der Waals surface area contributed by atoms with Crippen molar-refractivity contribution in [3.8, 4) is 0 Å². The van der Waals surface area contributed by atoms with Gasteiger partial charge in [0.1, 0.15) is 0 Å². The Kier molecular flexibility index (Phi) is 2.79. The Labute approximate surface area is 96.0 Å². The van der Waals surface area contributed by atoms with Gasteiger partial charge in [-0.25, -0.2) is 0 Å². The lowest BCUT2D eigenvalue weighted by atomic mass is 10.3. The lowest BCUT2D eigenvalue weighted by Crippen LogP contribution is -2.26. The van der Waals surface area contributed by atoms with Gasteiger partial charge in [-0.1, -0.05) is 33.6 Å². The molecule has 1 aliphatic heterocycles. The maximum Gasteiger partial charge on any atom is 0.240 e. The van der Waals surface area contributed by atoms with E-state index >= 15 is 0 Å². The Morgan fingerprint density at radius 3 is 2.86 bits per heavy atom. The van der Waals surface area contributed by atoms with E-state index in [2.05, 4.69) is 15.9 Å². The zero-order valence-corrected chi connectivity index (χ0v) is 9.75. The first-order valence-electron chi connectivity index (χ1n) is 4.39. The summed E-state index contributed by atoms with van der Waals surface area (Å²) in [4.78, 5) is 13.4. The van der Waals surface area contributed by atoms with E-state index in [1.807, 2.05) is 18.2 Å². The van der Waals surface area contributed by atoms with Gasteiger partial charge in [0.05, 0.1) is 4.83 Å². The van der Waals surface area contributed by atoms with Gasteiger partial charge in [0.15, 0.2) is 0 Å². The number of amides is 1. The molecule has 0 radical (unpaired) electrons. The zero-order valence-electron chi connectivity index (χ0n) is 7.41. The molecule has 1 aromatic rings. The minimum Gasteiger partial charge on any atom is -0.311 e. The number of alkyl halides is 1. The molecule has 0 N–H and O–H groups in total. The molecule has 4 heteroatoms. The van der Waals surface area contributed by atoms with Crippen LogP contribution in [0.3, 0.4) is 0 Å². The molecule has 1 fully saturated rings. The highest BCUT2D eigenvalue weighted by molar-refractivity contribution is 9.10. The van der Waals surface area contributed by atoms with Crippen LogP contribution < -0.4 is 4.90 Å². The lowest BCUT2D eigenvalue weighted by molar-refractivity contribution is -0.116. The summed E-state index contributed by atoms with van der Waals surface area (Å²) in [6.07, 6.45) is 0.853. The highest BCUT2D eigenvalue weighted by Gasteiger charge is 2.30. The molecule has 2 rings (SSSR count). The van der Waals surface area contributed by atoms with Crippen molar-refractivity contribution in [1.29, 1.82) is 0 Å². The van der Waals surface area contributed by atoms with Crippen molar-refractivity contribution in [2.75, 3.05) is 11.4 Å². The van der Waals surface area contributed by atoms with Gasteiger partial charge < -0.3 is 4.90 Å². The van der Waals surface area contributed by atoms with Gasteiger partial charge in [0, 0.05) is 17.3 Å². The van der Waals surface area contributed by atoms with Crippen LogP contribution in [0.4, 0.5) is 5.69 Å². The molecular weight excluding hydrogens is 265 g/mol. The highest BCUT2D eigenvalue weighted by Crippen LogP contribution is 2.26. The molecule has 0 saturated carbocycles. The van der Waals surface area contributed by atoms with Crippen LogP contribution >= 0.6 is 27.5 Å². The SMILES string of the molecule is O=C1[C@H](Br)CCN1c1cccc(Cl)c1. The van der Waals surface area contributed by atoms with E-state index in [-0.39, 0.29) is 10.7 Å². The number of hydrogen-bond acceptors (Lipinski definition) is 1. The first-order valence-corrected chi connectivity index (χ1v) is 5.69. The average Bonchev–Trinajstić information content (AvgIpc) is 2.48. The standard InChI is InChI=1S/C10H9BrClNO/c11-9-4-5-13(10(9)14)8-3-1-2-7(12)6-8/h1-3,6,9H,4-5H2/t9-/m1/s1. The second kappa shape index (κ2) is 3.91. The summed E-state index contributed by atoms with van der Waals surface area (Å²) in [6, 6.07) is 7.36. The molecule has 74 valence electrons. The number of hydrogen-bond donors (Lipinski definition) is 0. The Hall–Kier alpha value is -0.540. The van der Waals surface area contributed by atoms with Crippen LogP contribution in [-0.4, -0.2) is 17.3 Å². The number of carbonyl (C=O) groups is 1. The van der Waals surface area contributed by atoms with Crippen molar-refractivity contribution >= 4 is 39.1 Å². The van der Waals surface area contributed by atoms with Crippen molar-refractivity contribution in [1.82, 2.24) is 0 Å². The Bertz CT molecular complexity index is 369. The van der Waals surface area contributed by atoms with E-state index < -0.39 is 0 Å². The van der Waals surface area contributed by atoms with Crippen LogP contribution in [0.5, 0.6) is 0 Å². The van der Waals surface area contributed by atoms with Crippen molar-refractivity contribution in [3.05, 3.63) is 29.3 Å². The van der Waals surface area contributed by atoms with E-state index in [0.717, 1.165) is 18.7 Å². The minimum atomic E-state index is -0.0403. The molecule has 0 aromatic heterocycles. The van der Waals surface area contributed by atoms with E-state index in [9.17, 15) is 4.79 Å². The van der Waals surface area contributed by atoms with Crippen LogP contribution in [-0.2, 0) is 4.79 Å². The fraction of sp³-hybridized carbons (Fsp3) is 0.300. The summed E-state index contributed by atoms with van der Waals surface area (Å²) in [5.41, 5.74) is 0.879. The topological polar surface area (TPSA) is 20.3 Å². The average molecular weight is 275 g/mol. The largest absolute Gasteiger partial charge is 0.311 e. The number of nitrogens with zero attached hydrogens (tertiary/aromatic N) is 1. The van der Waals surface area contributed by atoms with Crippen LogP contribution in [0.25, 0.3) is 0 Å². The first kappa shape index (κ1) is 9.99. The second-order valence-corrected chi connectivity index (χ2v) is 4.77. The molecule has 14 heavy (non-hydrogen) atoms. The third-order valence-electron chi connectivity index (χ3n) is 2.26. The molecule has 0 spiro atoms. The maximum absolute atomic E-state index is 11.7. The van der Waals surface area contributed by atoms with Gasteiger partial charge in [-0.3, -0.25) is 4.79 Å². The van der Waals surface area contributed by atoms with E-state index in [4.69, 9.17) is 11.6 Å². The Morgan fingerprint density at radius 1 is 1.50 bits per heavy atom. The van der Waals surface area contributed by atoms with Crippen LogP contribution in [0, 0.1) is 0 Å². The van der Waals surface area contributed by atoms with E-state index in [1.54, 1.807) is 11.0 Å². The number of anilines is 1. The van der Waals surface area contributed by atoms with E-state index in [0.29, 0.717) is 5.02 Å². The quantitative estimate of drug-likeness (QED) is 0.721. The van der Waals surface area contributed by atoms with Gasteiger partial charge in [0.2, 0.25) is 5.91 Å². The number of carbonyl (C=O) groups excluding carboxylic acids is 1. The number of halogens is 2. The van der Waals surface area contributed by atoms with Crippen molar-refractivity contribution in [3.63, 3.8) is 0 Å². The van der Waals surface area contributed by atoms with Gasteiger partial charge >= 0.3 is 0 Å². The molecule has 1 aliphatic rings. The summed E-state index contributed by atoms with van der Waals surface area (Å²) >= 11 is 9.19. The summed E-state index contributed by atoms with van der Waals surface area (Å²) in [7, 11) is 0. The maximum atomic E-state index is 11.7. The molecule has 0 bridgehead atoms. The normalized spacial score (nSPS) is 21.7. The highest BCUT2D eigenvalue weighted by atomic mass is 79.9. The molecule has 1 amide bonds. The van der Waals surface area contributed by atoms with Gasteiger partial charge in [-0.05, 0) is 24.6 Å². The van der Waals surface area contributed by atoms with Gasteiger partial charge in [0.25, 0.3) is 0 Å². The fourth-order valence-corrected chi connectivity index (χ4v) is 2.18. The number of rotatable bonds is 1. The van der Waals surface area contributed by atoms with Crippen LogP contribution in [0.2, 0.25) is 5.02 Å². The third kappa shape index (κ3) is 1.79. The summed E-state index contributed by atoms with van der Waals surface area (Å²) in [5.74, 6) is 0.118. The molecule has 0 aliphatic carbocycles. The fourth-order valence-electron chi connectivity index (χ4n) is 1.55. The van der Waals surface area contributed by atoms with Crippen molar-refractivity contribution < 1.29 is 4.79 Å². The van der Waals surface area contributed by atoms with Crippen LogP contribution in [0.1, 0.15) is 6.42 Å². The Balaban J connectivity index is 2.28. The smallest absolute Gasteiger partial charge is 0.240 e. The monoisotopic (exact) mass is 273 g/mol. The number of benzene rings is 1. The summed E-state index contributed by atoms with van der Waals surface area (Å²) in [6.45, 7) is 0.759. The van der Waals surface area contributed by atoms with E-state index in [1.165, 1.54) is 0 Å². The second-order valence-electron chi connectivity index (χ2n) is 3.23. The van der Waals surface area contributed by atoms with Crippen molar-refractivity contribution in [2.45, 2.75) is 11.2 Å². The summed E-state index contributed by atoms with van der Waals surface area (Å²) < 4.78 is 0. The van der Waals surface area contributed by atoms with Gasteiger partial charge in [-0.2, -0.15) is 0 Å². The first-order chi connectivity index (χ1) is 6.68. The molecular formula is C10H9BrClNO. The van der Waals surface area contributed by atoms with Crippen molar-refractivity contribution in [2.24, 2.45) is 0 Å². The van der Waals surface area contributed by atoms with Crippen LogP contribution in [0.15, 0.2) is 24.3 Å². The minimum absolute atomic E-state index is 0.0403. The molecule has 1 atom stereocenters. The molecule has 1 saturated heterocycles. The Morgan fingerprint density at radius 2 is 2.29 bits per heavy atom. The lowest BCUT2D eigenvalue weighted by Gasteiger charge is -2.15. The molecule has 0 unspecified atom stereocenters. The summed E-state index contributed by atoms with van der Waals surface area (Å²) in [5, 5.41) is 0.660. The molecule has 1 aromatic carbocycles. The predicted octanol–water partition coefficient (Wildman–Crippen LogP) is 2.84. The third-order valence-corrected chi connectivity index (χ3v) is 3.34. The molecule has 2 nitrogen and oxygen atoms in total. The van der Waals surface area contributed by atoms with Gasteiger partial charge in [-0.15, -0.1) is 0 Å². The molecule has 1 heterocycles. The predicted molar refractivity (Wildman–Crippen MR) is 61.1 cm³/mol.